The van der Waals surface area contributed by atoms with E-state index >= 15 is 0 Å². The number of hydrogen-bond donors (Lipinski definition) is 0. The van der Waals surface area contributed by atoms with E-state index in [2.05, 4.69) is 147 Å². The fourth-order valence-electron chi connectivity index (χ4n) is 8.37. The van der Waals surface area contributed by atoms with E-state index in [9.17, 15) is 5.26 Å². The predicted octanol–water partition coefficient (Wildman–Crippen LogP) is 14.1. The highest BCUT2D eigenvalue weighted by atomic mass is 32.1. The van der Waals surface area contributed by atoms with Crippen LogP contribution in [0.4, 0.5) is 0 Å². The first-order chi connectivity index (χ1) is 29.5. The molecule has 1 aliphatic rings. The van der Waals surface area contributed by atoms with Crippen LogP contribution < -0.4 is 14.8 Å². The van der Waals surface area contributed by atoms with Gasteiger partial charge in [-0.05, 0) is 88.6 Å². The average Bonchev–Trinajstić information content (AvgIpc) is 3.86. The van der Waals surface area contributed by atoms with E-state index < -0.39 is 13.9 Å². The van der Waals surface area contributed by atoms with Crippen LogP contribution >= 0.6 is 11.3 Å². The predicted molar refractivity (Wildman–Crippen MR) is 257 cm³/mol. The number of nitrogens with zero attached hydrogens (tertiary/aromatic N) is 3. The third-order valence-electron chi connectivity index (χ3n) is 11.6. The third-order valence-corrected chi connectivity index (χ3v) is 17.6. The van der Waals surface area contributed by atoms with Crippen molar-refractivity contribution in [2.75, 3.05) is 0 Å². The molecule has 1 aliphatic heterocycles. The van der Waals surface area contributed by atoms with Gasteiger partial charge in [-0.2, -0.15) is 0 Å². The van der Waals surface area contributed by atoms with E-state index in [4.69, 9.17) is 22.3 Å². The Morgan fingerprint density at radius 2 is 1.36 bits per heavy atom. The van der Waals surface area contributed by atoms with Gasteiger partial charge in [-0.25, -0.2) is 15.0 Å². The molecule has 7 heteroatoms. The summed E-state index contributed by atoms with van der Waals surface area (Å²) in [6, 6.07) is 44.3. The molecule has 0 bridgehead atoms. The van der Waals surface area contributed by atoms with E-state index in [1.54, 1.807) is 11.3 Å². The van der Waals surface area contributed by atoms with E-state index in [1.807, 2.05) is 55.5 Å². The molecular formula is C54H55N3O2SSi. The van der Waals surface area contributed by atoms with Gasteiger partial charge in [-0.1, -0.05) is 170 Å². The molecule has 0 aliphatic carbocycles. The van der Waals surface area contributed by atoms with Crippen LogP contribution in [-0.4, -0.2) is 8.32 Å². The van der Waals surface area contributed by atoms with Crippen molar-refractivity contribution >= 4 is 48.3 Å². The molecule has 0 fully saturated rings. The summed E-state index contributed by atoms with van der Waals surface area (Å²) in [6.07, 6.45) is 15.3. The van der Waals surface area contributed by atoms with Crippen molar-refractivity contribution in [1.82, 2.24) is 0 Å². The molecule has 2 heterocycles. The second-order valence-corrected chi connectivity index (χ2v) is 22.1. The number of ether oxygens (including phenoxy) is 1. The summed E-state index contributed by atoms with van der Waals surface area (Å²) in [7, 11) is -2.93. The summed E-state index contributed by atoms with van der Waals surface area (Å²) < 4.78 is 14.1. The van der Waals surface area contributed by atoms with E-state index in [1.165, 1.54) is 41.6 Å². The van der Waals surface area contributed by atoms with Gasteiger partial charge in [0.05, 0.1) is 19.2 Å². The van der Waals surface area contributed by atoms with Gasteiger partial charge in [-0.3, -0.25) is 0 Å². The molecule has 308 valence electrons. The van der Waals surface area contributed by atoms with Crippen molar-refractivity contribution in [1.29, 1.82) is 5.26 Å². The molecule has 0 amide bonds. The van der Waals surface area contributed by atoms with Crippen molar-refractivity contribution < 1.29 is 9.16 Å². The highest BCUT2D eigenvalue weighted by molar-refractivity contribution is 7.13. The van der Waals surface area contributed by atoms with Gasteiger partial charge in [-0.15, -0.1) is 11.3 Å². The Kier molecular flexibility index (Phi) is 14.5. The molecular weight excluding hydrogens is 783 g/mol. The maximum Gasteiger partial charge on any atom is 0.319 e. The molecule has 61 heavy (non-hydrogen) atoms. The number of thiophene rings is 1. The molecule has 1 atom stereocenters. The Morgan fingerprint density at radius 1 is 0.803 bits per heavy atom. The molecule has 0 saturated heterocycles. The van der Waals surface area contributed by atoms with Crippen molar-refractivity contribution in [3.63, 3.8) is 0 Å². The van der Waals surface area contributed by atoms with Gasteiger partial charge >= 0.3 is 8.32 Å². The van der Waals surface area contributed by atoms with Crippen LogP contribution in [0.2, 0.25) is 5.04 Å². The van der Waals surface area contributed by atoms with Crippen LogP contribution in [0.3, 0.4) is 0 Å². The van der Waals surface area contributed by atoms with E-state index in [0.29, 0.717) is 11.5 Å². The highest BCUT2D eigenvalue weighted by Crippen LogP contribution is 2.48. The first kappa shape index (κ1) is 44.4. The summed E-state index contributed by atoms with van der Waals surface area (Å²) >= 11 is 1.64. The van der Waals surface area contributed by atoms with Crippen LogP contribution in [0.15, 0.2) is 150 Å². The summed E-state index contributed by atoms with van der Waals surface area (Å²) in [5.74, 6) is 1.41. The minimum absolute atomic E-state index is 0.0254. The number of allylic oxidation sites excluding steroid dienone is 1. The standard InChI is InChI=1S/C54H55N3O2SSi/c1-9-11-22-40(23-12-10-2)42-31-30-41(50(38-42)59-61(53(3,4)5,46-26-18-14-19-27-46)47-28-20-15-21-29-47)32-33-44-34-35-45(60-44)36-37-48-51(57-8)52(49(39-55)56-7)58-54(48,6)43-24-16-13-17-25-43/h13-21,24-38,40H,9-12,22-23H2,1-6H3/b33-32+,37-36+,52-49+. The van der Waals surface area contributed by atoms with Crippen molar-refractivity contribution in [2.45, 2.75) is 96.6 Å². The first-order valence-electron chi connectivity index (χ1n) is 21.3. The van der Waals surface area contributed by atoms with Gasteiger partial charge in [0.25, 0.3) is 5.70 Å². The lowest BCUT2D eigenvalue weighted by molar-refractivity contribution is 0.0753. The summed E-state index contributed by atoms with van der Waals surface area (Å²) in [4.78, 5) is 9.22. The second-order valence-electron chi connectivity index (χ2n) is 16.7. The Labute approximate surface area is 368 Å². The minimum Gasteiger partial charge on any atom is -0.534 e. The summed E-state index contributed by atoms with van der Waals surface area (Å²) in [5, 5.41) is 12.0. The second kappa shape index (κ2) is 19.9. The van der Waals surface area contributed by atoms with Crippen molar-refractivity contribution in [3.8, 4) is 11.8 Å². The smallest absolute Gasteiger partial charge is 0.319 e. The fraction of sp³-hybridized carbons (Fsp3) is 0.278. The molecule has 0 saturated carbocycles. The van der Waals surface area contributed by atoms with Crippen LogP contribution in [0.1, 0.15) is 112 Å². The first-order valence-corrected chi connectivity index (χ1v) is 24.0. The lowest BCUT2D eigenvalue weighted by Crippen LogP contribution is -2.68. The fourth-order valence-corrected chi connectivity index (χ4v) is 13.6. The molecule has 4 aromatic carbocycles. The summed E-state index contributed by atoms with van der Waals surface area (Å²) in [5.41, 5.74) is 2.70. The number of nitriles is 1. The molecule has 0 spiro atoms. The summed E-state index contributed by atoms with van der Waals surface area (Å²) in [6.45, 7) is 29.1. The van der Waals surface area contributed by atoms with Gasteiger partial charge in [0, 0.05) is 20.9 Å². The van der Waals surface area contributed by atoms with Crippen LogP contribution in [0.5, 0.6) is 5.75 Å². The van der Waals surface area contributed by atoms with Crippen molar-refractivity contribution in [3.05, 3.63) is 199 Å². The maximum absolute atomic E-state index is 9.73. The van der Waals surface area contributed by atoms with E-state index in [-0.39, 0.29) is 22.2 Å². The third kappa shape index (κ3) is 9.58. The molecule has 5 nitrogen and oxygen atoms in total. The minimum atomic E-state index is -2.93. The Bertz CT molecular complexity index is 2480. The molecule has 5 aromatic rings. The Hall–Kier alpha value is -6.17. The average molecular weight is 838 g/mol. The molecule has 0 radical (unpaired) electrons. The molecule has 1 aromatic heterocycles. The normalized spacial score (nSPS) is 16.4. The molecule has 6 rings (SSSR count). The van der Waals surface area contributed by atoms with Gasteiger partial charge in [0.15, 0.2) is 0 Å². The SMILES string of the molecule is [C-]#[N+]C1=C(/C=C/c2ccc(/C=C/c3ccc(C(CCCC)CCCC)cc3O[Si](c3ccccc3)(c3ccccc3)C(C)(C)C)s2)C(C)(c2ccccc2)O/C1=C(\C#N)[N+]#[C-]. The topological polar surface area (TPSA) is 51.0 Å². The lowest BCUT2D eigenvalue weighted by atomic mass is 9.87. The van der Waals surface area contributed by atoms with Crippen molar-refractivity contribution in [2.24, 2.45) is 0 Å². The number of benzene rings is 4. The highest BCUT2D eigenvalue weighted by Gasteiger charge is 2.52. The number of rotatable bonds is 16. The number of hydrogen-bond acceptors (Lipinski definition) is 4. The van der Waals surface area contributed by atoms with E-state index in [0.717, 1.165) is 39.5 Å². The zero-order chi connectivity index (χ0) is 43.5. The zero-order valence-electron chi connectivity index (χ0n) is 36.2. The lowest BCUT2D eigenvalue weighted by Gasteiger charge is -2.43. The Balaban J connectivity index is 1.42. The van der Waals surface area contributed by atoms with Crippen LogP contribution in [-0.2, 0) is 10.3 Å². The zero-order valence-corrected chi connectivity index (χ0v) is 38.1. The van der Waals surface area contributed by atoms with Gasteiger partial charge < -0.3 is 9.16 Å². The maximum atomic E-state index is 9.73. The largest absolute Gasteiger partial charge is 0.534 e. The molecule has 0 N–H and O–H groups in total. The number of unbranched alkanes of at least 4 members (excludes halogenated alkanes) is 2. The van der Waals surface area contributed by atoms with Crippen LogP contribution in [0, 0.1) is 24.5 Å². The van der Waals surface area contributed by atoms with Gasteiger partial charge in [0.2, 0.25) is 5.70 Å². The van der Waals surface area contributed by atoms with Gasteiger partial charge in [0.1, 0.15) is 17.1 Å². The quantitative estimate of drug-likeness (QED) is 0.0565. The monoisotopic (exact) mass is 837 g/mol. The Morgan fingerprint density at radius 3 is 1.87 bits per heavy atom. The van der Waals surface area contributed by atoms with Crippen LogP contribution in [0.25, 0.3) is 27.9 Å². The molecule has 1 unspecified atom stereocenters.